The molecule has 3 nitrogen and oxygen atoms in total. The predicted octanol–water partition coefficient (Wildman–Crippen LogP) is 2.58. The largest absolute Gasteiger partial charge is 0.479 e. The number of ether oxygens (including phenoxy) is 1. The smallest absolute Gasteiger partial charge is 0.332 e. The average molecular weight is 277 g/mol. The molecule has 1 rings (SSSR count). The van der Waals surface area contributed by atoms with Crippen molar-refractivity contribution in [2.75, 3.05) is 0 Å². The minimum Gasteiger partial charge on any atom is -0.479 e. The summed E-state index contributed by atoms with van der Waals surface area (Å²) in [7, 11) is 0. The maximum Gasteiger partial charge on any atom is 0.332 e. The molecule has 0 aliphatic carbocycles. The van der Waals surface area contributed by atoms with Gasteiger partial charge in [0.15, 0.2) is 6.10 Å². The molecule has 0 radical (unpaired) electrons. The van der Waals surface area contributed by atoms with Gasteiger partial charge in [-0.15, -0.1) is 0 Å². The molecule has 0 heterocycles. The lowest BCUT2D eigenvalue weighted by atomic mass is 10.2. The van der Waals surface area contributed by atoms with E-state index in [4.69, 9.17) is 9.84 Å². The number of halogens is 2. The fraction of sp³-hybridized carbons (Fsp3) is 0.300. The molecule has 0 saturated heterocycles. The lowest BCUT2D eigenvalue weighted by molar-refractivity contribution is -0.149. The Hall–Kier alpha value is -0.940. The first kappa shape index (κ1) is 12.1. The molecule has 0 bridgehead atoms. The maximum atomic E-state index is 12.7. The van der Waals surface area contributed by atoms with Gasteiger partial charge in [-0.1, -0.05) is 22.0 Å². The molecule has 1 aromatic carbocycles. The van der Waals surface area contributed by atoms with Crippen LogP contribution in [0.2, 0.25) is 0 Å². The molecule has 0 amide bonds. The zero-order valence-electron chi connectivity index (χ0n) is 8.04. The van der Waals surface area contributed by atoms with Crippen LogP contribution in [-0.4, -0.2) is 17.2 Å². The van der Waals surface area contributed by atoms with E-state index in [-0.39, 0.29) is 12.4 Å². The standard InChI is InChI=1S/C10H10BrFO3/c1-6(10(13)14)15-5-7-2-3-8(12)4-9(7)11/h2-4,6H,5H2,1H3,(H,13,14)/t6-/m0/s1. The molecular formula is C10H10BrFO3. The highest BCUT2D eigenvalue weighted by atomic mass is 79.9. The predicted molar refractivity (Wildman–Crippen MR) is 56.0 cm³/mol. The van der Waals surface area contributed by atoms with Crippen molar-refractivity contribution >= 4 is 21.9 Å². The fourth-order valence-corrected chi connectivity index (χ4v) is 1.39. The maximum absolute atomic E-state index is 12.7. The van der Waals surface area contributed by atoms with Crippen molar-refractivity contribution in [3.05, 3.63) is 34.1 Å². The molecular weight excluding hydrogens is 267 g/mol. The molecule has 1 aromatic rings. The average Bonchev–Trinajstić information content (AvgIpc) is 2.15. The molecule has 0 spiro atoms. The normalized spacial score (nSPS) is 12.5. The molecule has 0 fully saturated rings. The summed E-state index contributed by atoms with van der Waals surface area (Å²) in [5, 5.41) is 8.58. The number of hydrogen-bond acceptors (Lipinski definition) is 2. The first-order valence-electron chi connectivity index (χ1n) is 4.29. The van der Waals surface area contributed by atoms with Crippen LogP contribution in [0.4, 0.5) is 4.39 Å². The summed E-state index contributed by atoms with van der Waals surface area (Å²) in [6, 6.07) is 4.16. The van der Waals surface area contributed by atoms with Crippen LogP contribution in [0.15, 0.2) is 22.7 Å². The fourth-order valence-electron chi connectivity index (χ4n) is 0.925. The van der Waals surface area contributed by atoms with Crippen molar-refractivity contribution in [1.29, 1.82) is 0 Å². The molecule has 0 unspecified atom stereocenters. The van der Waals surface area contributed by atoms with Gasteiger partial charge in [0.2, 0.25) is 0 Å². The Morgan fingerprint density at radius 2 is 2.33 bits per heavy atom. The van der Waals surface area contributed by atoms with Crippen molar-refractivity contribution in [1.82, 2.24) is 0 Å². The highest BCUT2D eigenvalue weighted by molar-refractivity contribution is 9.10. The summed E-state index contributed by atoms with van der Waals surface area (Å²) in [6.07, 6.45) is -0.873. The summed E-state index contributed by atoms with van der Waals surface area (Å²) in [4.78, 5) is 10.5. The second kappa shape index (κ2) is 5.23. The van der Waals surface area contributed by atoms with Gasteiger partial charge in [0.25, 0.3) is 0 Å². The third-order valence-corrected chi connectivity index (χ3v) is 2.59. The van der Waals surface area contributed by atoms with E-state index in [1.165, 1.54) is 19.1 Å². The second-order valence-corrected chi connectivity index (χ2v) is 3.88. The number of carboxylic acid groups (broad SMARTS) is 1. The molecule has 1 N–H and O–H groups in total. The molecule has 5 heteroatoms. The van der Waals surface area contributed by atoms with E-state index in [2.05, 4.69) is 15.9 Å². The lowest BCUT2D eigenvalue weighted by Crippen LogP contribution is -2.19. The summed E-state index contributed by atoms with van der Waals surface area (Å²) >= 11 is 3.17. The molecule has 15 heavy (non-hydrogen) atoms. The van der Waals surface area contributed by atoms with Crippen LogP contribution in [0.5, 0.6) is 0 Å². The van der Waals surface area contributed by atoms with Gasteiger partial charge in [-0.3, -0.25) is 0 Å². The highest BCUT2D eigenvalue weighted by Gasteiger charge is 2.11. The van der Waals surface area contributed by atoms with E-state index >= 15 is 0 Å². The Morgan fingerprint density at radius 1 is 1.67 bits per heavy atom. The number of carboxylic acids is 1. The van der Waals surface area contributed by atoms with E-state index in [9.17, 15) is 9.18 Å². The summed E-state index contributed by atoms with van der Waals surface area (Å²) in [5.41, 5.74) is 0.713. The van der Waals surface area contributed by atoms with Gasteiger partial charge in [0.1, 0.15) is 5.82 Å². The Balaban J connectivity index is 2.62. The second-order valence-electron chi connectivity index (χ2n) is 3.03. The lowest BCUT2D eigenvalue weighted by Gasteiger charge is -2.09. The zero-order chi connectivity index (χ0) is 11.4. The highest BCUT2D eigenvalue weighted by Crippen LogP contribution is 2.19. The number of rotatable bonds is 4. The van der Waals surface area contributed by atoms with Gasteiger partial charge in [0, 0.05) is 4.47 Å². The van der Waals surface area contributed by atoms with Crippen molar-refractivity contribution in [3.8, 4) is 0 Å². The van der Waals surface area contributed by atoms with Crippen molar-refractivity contribution in [2.24, 2.45) is 0 Å². The Morgan fingerprint density at radius 3 is 2.87 bits per heavy atom. The van der Waals surface area contributed by atoms with Crippen LogP contribution in [0, 0.1) is 5.82 Å². The van der Waals surface area contributed by atoms with Crippen molar-refractivity contribution in [2.45, 2.75) is 19.6 Å². The van der Waals surface area contributed by atoms with Crippen molar-refractivity contribution < 1.29 is 19.0 Å². The van der Waals surface area contributed by atoms with Crippen molar-refractivity contribution in [3.63, 3.8) is 0 Å². The number of hydrogen-bond donors (Lipinski definition) is 1. The van der Waals surface area contributed by atoms with E-state index in [1.807, 2.05) is 0 Å². The Kier molecular flexibility index (Phi) is 4.23. The van der Waals surface area contributed by atoms with E-state index in [0.29, 0.717) is 10.0 Å². The Bertz CT molecular complexity index is 368. The van der Waals surface area contributed by atoms with Crippen LogP contribution >= 0.6 is 15.9 Å². The topological polar surface area (TPSA) is 46.5 Å². The number of carbonyl (C=O) groups is 1. The molecule has 0 aliphatic rings. The van der Waals surface area contributed by atoms with Crippen LogP contribution in [0.1, 0.15) is 12.5 Å². The number of benzene rings is 1. The zero-order valence-corrected chi connectivity index (χ0v) is 9.62. The SMILES string of the molecule is C[C@H](OCc1ccc(F)cc1Br)C(=O)O. The third-order valence-electron chi connectivity index (χ3n) is 1.85. The van der Waals surface area contributed by atoms with E-state index in [0.717, 1.165) is 0 Å². The monoisotopic (exact) mass is 276 g/mol. The minimum absolute atomic E-state index is 0.133. The van der Waals surface area contributed by atoms with Gasteiger partial charge in [-0.2, -0.15) is 0 Å². The molecule has 0 aromatic heterocycles. The number of aliphatic carboxylic acids is 1. The first-order valence-corrected chi connectivity index (χ1v) is 5.08. The van der Waals surface area contributed by atoms with Gasteiger partial charge in [-0.25, -0.2) is 9.18 Å². The van der Waals surface area contributed by atoms with Gasteiger partial charge < -0.3 is 9.84 Å². The van der Waals surface area contributed by atoms with Gasteiger partial charge >= 0.3 is 5.97 Å². The third kappa shape index (κ3) is 3.60. The van der Waals surface area contributed by atoms with Crippen LogP contribution in [0.25, 0.3) is 0 Å². The first-order chi connectivity index (χ1) is 7.00. The van der Waals surface area contributed by atoms with Gasteiger partial charge in [-0.05, 0) is 24.6 Å². The van der Waals surface area contributed by atoms with Crippen LogP contribution in [-0.2, 0) is 16.1 Å². The summed E-state index contributed by atoms with van der Waals surface area (Å²) in [6.45, 7) is 1.58. The summed E-state index contributed by atoms with van der Waals surface area (Å²) in [5.74, 6) is -1.37. The van der Waals surface area contributed by atoms with Crippen LogP contribution in [0.3, 0.4) is 0 Å². The molecule has 0 aliphatic heterocycles. The van der Waals surface area contributed by atoms with E-state index in [1.54, 1.807) is 6.07 Å². The van der Waals surface area contributed by atoms with Gasteiger partial charge in [0.05, 0.1) is 6.61 Å². The molecule has 1 atom stereocenters. The molecule has 0 saturated carbocycles. The quantitative estimate of drug-likeness (QED) is 0.920. The Labute approximate surface area is 95.0 Å². The summed E-state index contributed by atoms with van der Waals surface area (Å²) < 4.78 is 18.3. The minimum atomic E-state index is -1.02. The molecule has 82 valence electrons. The van der Waals surface area contributed by atoms with Crippen LogP contribution < -0.4 is 0 Å². The van der Waals surface area contributed by atoms with E-state index < -0.39 is 12.1 Å².